The summed E-state index contributed by atoms with van der Waals surface area (Å²) in [6, 6.07) is 0. The number of halogens is 1. The third-order valence-electron chi connectivity index (χ3n) is 0.744. The van der Waals surface area contributed by atoms with Gasteiger partial charge in [-0.25, -0.2) is 0 Å². The fourth-order valence-electron chi connectivity index (χ4n) is 0.440. The van der Waals surface area contributed by atoms with E-state index in [4.69, 9.17) is 9.47 Å². The van der Waals surface area contributed by atoms with Crippen molar-refractivity contribution in [3.05, 3.63) is 0 Å². The van der Waals surface area contributed by atoms with Gasteiger partial charge in [-0.3, -0.25) is 0 Å². The molecule has 0 unspecified atom stereocenters. The van der Waals surface area contributed by atoms with Crippen LogP contribution in [0.4, 0.5) is 0 Å². The van der Waals surface area contributed by atoms with Gasteiger partial charge in [-0.1, -0.05) is 0 Å². The Bertz CT molecular complexity index is 29.5. The Kier molecular flexibility index (Phi) is 11.2. The van der Waals surface area contributed by atoms with E-state index in [0.29, 0.717) is 0 Å². The molecule has 50 valence electrons. The monoisotopic (exact) mass is 200 g/mol. The molecule has 0 spiro atoms. The van der Waals surface area contributed by atoms with Gasteiger partial charge in [-0.15, -0.1) is 0 Å². The summed E-state index contributed by atoms with van der Waals surface area (Å²) in [7, 11) is 0. The van der Waals surface area contributed by atoms with E-state index in [9.17, 15) is 0 Å². The van der Waals surface area contributed by atoms with Crippen molar-refractivity contribution in [3.8, 4) is 0 Å². The molecule has 0 N–H and O–H groups in total. The molecular weight excluding hydrogens is 188 g/mol. The molecule has 1 saturated heterocycles. The van der Waals surface area contributed by atoms with Crippen LogP contribution in [0.25, 0.3) is 0 Å². The van der Waals surface area contributed by atoms with Gasteiger partial charge < -0.3 is 21.9 Å². The quantitative estimate of drug-likeness (QED) is 0.369. The van der Waals surface area contributed by atoms with Gasteiger partial charge in [-0.05, 0) is 0 Å². The van der Waals surface area contributed by atoms with Crippen LogP contribution in [0.3, 0.4) is 0 Å². The normalized spacial score (nSPS) is 18.0. The van der Waals surface area contributed by atoms with Crippen molar-refractivity contribution in [1.82, 2.24) is 0 Å². The Labute approximate surface area is 66.3 Å². The molecule has 8 heavy (non-hydrogen) atoms. The van der Waals surface area contributed by atoms with Crippen LogP contribution in [0.1, 0.15) is 0 Å². The maximum absolute atomic E-state index is 4.94. The molecule has 0 aromatic carbocycles. The van der Waals surface area contributed by atoms with Gasteiger partial charge in [0.2, 0.25) is 0 Å². The minimum atomic E-state index is 0. The van der Waals surface area contributed by atoms with Gasteiger partial charge in [0.05, 0.1) is 26.4 Å². The maximum atomic E-state index is 4.94. The van der Waals surface area contributed by atoms with Crippen LogP contribution in [0.15, 0.2) is 0 Å². The fraction of sp³-hybridized carbons (Fsp3) is 1.00. The van der Waals surface area contributed by atoms with Crippen LogP contribution in [-0.2, 0) is 9.47 Å². The molecule has 1 heterocycles. The fourth-order valence-corrected chi connectivity index (χ4v) is 0.440. The molecule has 1 rings (SSSR count). The SMILES string of the molecule is C1COCCO1.[Cl-].[GeH3+]. The van der Waals surface area contributed by atoms with Crippen LogP contribution in [-0.4, -0.2) is 44.0 Å². The first kappa shape index (κ1) is 11.5. The minimum absolute atomic E-state index is 0. The Morgan fingerprint density at radius 1 is 0.750 bits per heavy atom. The predicted octanol–water partition coefficient (Wildman–Crippen LogP) is -4.15. The zero-order chi connectivity index (χ0) is 4.24. The third kappa shape index (κ3) is 4.90. The van der Waals surface area contributed by atoms with Gasteiger partial charge >= 0.3 is 17.6 Å². The summed E-state index contributed by atoms with van der Waals surface area (Å²) >= 11 is 0. The first-order chi connectivity index (χ1) is 3.00. The molecule has 0 aliphatic carbocycles. The summed E-state index contributed by atoms with van der Waals surface area (Å²) < 4.78 is 9.89. The van der Waals surface area contributed by atoms with Crippen molar-refractivity contribution in [2.24, 2.45) is 0 Å². The van der Waals surface area contributed by atoms with Crippen molar-refractivity contribution in [1.29, 1.82) is 0 Å². The molecule has 4 heteroatoms. The van der Waals surface area contributed by atoms with Gasteiger partial charge in [0, 0.05) is 0 Å². The Morgan fingerprint density at radius 3 is 1.12 bits per heavy atom. The van der Waals surface area contributed by atoms with E-state index in [-0.39, 0.29) is 30.0 Å². The second kappa shape index (κ2) is 7.75. The zero-order valence-electron chi connectivity index (χ0n) is 5.02. The van der Waals surface area contributed by atoms with E-state index < -0.39 is 0 Å². The van der Waals surface area contributed by atoms with E-state index in [1.807, 2.05) is 0 Å². The summed E-state index contributed by atoms with van der Waals surface area (Å²) in [5.74, 6) is 0. The average molecular weight is 199 g/mol. The molecule has 0 radical (unpaired) electrons. The summed E-state index contributed by atoms with van der Waals surface area (Å²) in [5, 5.41) is 0. The molecule has 1 fully saturated rings. The van der Waals surface area contributed by atoms with Crippen LogP contribution < -0.4 is 12.4 Å². The summed E-state index contributed by atoms with van der Waals surface area (Å²) in [5.41, 5.74) is 0. The third-order valence-corrected chi connectivity index (χ3v) is 0.744. The number of ether oxygens (including phenoxy) is 2. The standard InChI is InChI=1S/C4H8O2.ClH.GeH3/c1-2-6-4-3-5-1;;/h1-4H2;1H;1H3/q;;+1/p-1. The van der Waals surface area contributed by atoms with Crippen molar-refractivity contribution in [2.75, 3.05) is 26.4 Å². The summed E-state index contributed by atoms with van der Waals surface area (Å²) in [6.07, 6.45) is 0. The molecular formula is C4H11ClGeO2. The first-order valence-corrected chi connectivity index (χ1v) is 2.15. The van der Waals surface area contributed by atoms with Crippen LogP contribution in [0, 0.1) is 0 Å². The summed E-state index contributed by atoms with van der Waals surface area (Å²) in [6.45, 7) is 3.11. The zero-order valence-corrected chi connectivity index (χ0v) is 9.97. The van der Waals surface area contributed by atoms with E-state index in [2.05, 4.69) is 0 Å². The van der Waals surface area contributed by atoms with Crippen LogP contribution in [0.5, 0.6) is 0 Å². The van der Waals surface area contributed by atoms with E-state index in [1.165, 1.54) is 0 Å². The average Bonchev–Trinajstić information content (AvgIpc) is 1.72. The number of hydrogen-bond acceptors (Lipinski definition) is 2. The van der Waals surface area contributed by atoms with Crippen molar-refractivity contribution >= 4 is 17.6 Å². The molecule has 0 atom stereocenters. The molecule has 0 bridgehead atoms. The van der Waals surface area contributed by atoms with E-state index >= 15 is 0 Å². The molecule has 1 aliphatic rings. The van der Waals surface area contributed by atoms with E-state index in [0.717, 1.165) is 26.4 Å². The molecule has 2 nitrogen and oxygen atoms in total. The predicted molar refractivity (Wildman–Crippen MR) is 31.6 cm³/mol. The Balaban J connectivity index is 0. The van der Waals surface area contributed by atoms with Gasteiger partial charge in [0.1, 0.15) is 0 Å². The Hall–Kier alpha value is 0.753. The van der Waals surface area contributed by atoms with Crippen LogP contribution in [0.2, 0.25) is 0 Å². The summed E-state index contributed by atoms with van der Waals surface area (Å²) in [4.78, 5) is 0. The number of hydrogen-bond donors (Lipinski definition) is 0. The van der Waals surface area contributed by atoms with Gasteiger partial charge in [0.25, 0.3) is 0 Å². The topological polar surface area (TPSA) is 18.5 Å². The van der Waals surface area contributed by atoms with Crippen molar-refractivity contribution in [3.63, 3.8) is 0 Å². The molecule has 0 aromatic heterocycles. The Morgan fingerprint density at radius 2 is 1.00 bits per heavy atom. The van der Waals surface area contributed by atoms with Crippen molar-refractivity contribution in [2.45, 2.75) is 0 Å². The number of rotatable bonds is 0. The van der Waals surface area contributed by atoms with E-state index in [1.54, 1.807) is 0 Å². The van der Waals surface area contributed by atoms with Gasteiger partial charge in [0.15, 0.2) is 0 Å². The van der Waals surface area contributed by atoms with Gasteiger partial charge in [-0.2, -0.15) is 0 Å². The molecule has 0 aromatic rings. The van der Waals surface area contributed by atoms with Crippen LogP contribution >= 0.6 is 0 Å². The van der Waals surface area contributed by atoms with Crippen molar-refractivity contribution < 1.29 is 21.9 Å². The second-order valence-corrected chi connectivity index (χ2v) is 1.22. The first-order valence-electron chi connectivity index (χ1n) is 2.15. The second-order valence-electron chi connectivity index (χ2n) is 1.22. The molecule has 0 saturated carbocycles. The molecule has 0 amide bonds. The molecule has 1 aliphatic heterocycles.